The van der Waals surface area contributed by atoms with E-state index < -0.39 is 0 Å². The third kappa shape index (κ3) is 6.22. The third-order valence-corrected chi connectivity index (χ3v) is 4.74. The molecular weight excluding hydrogens is 348 g/mol. The number of nitrogens with zero attached hydrogens (tertiary/aromatic N) is 2. The number of nitrogens with one attached hydrogen (secondary N) is 2. The normalized spacial score (nSPS) is 11.3. The summed E-state index contributed by atoms with van der Waals surface area (Å²) in [5.41, 5.74) is 1.18. The van der Waals surface area contributed by atoms with Gasteiger partial charge in [-0.05, 0) is 38.0 Å². The van der Waals surface area contributed by atoms with Crippen LogP contribution in [0.3, 0.4) is 0 Å². The number of rotatable bonds is 9. The molecule has 142 valence electrons. The summed E-state index contributed by atoms with van der Waals surface area (Å²) in [6, 6.07) is 6.00. The fraction of sp³-hybridized carbons (Fsp3) is 0.474. The van der Waals surface area contributed by atoms with Crippen molar-refractivity contribution in [2.24, 2.45) is 4.99 Å². The number of hydrogen-bond donors (Lipinski definition) is 2. The lowest BCUT2D eigenvalue weighted by Crippen LogP contribution is -2.38. The summed E-state index contributed by atoms with van der Waals surface area (Å²) < 4.78 is 10.6. The Kier molecular flexibility index (Phi) is 8.21. The van der Waals surface area contributed by atoms with Crippen LogP contribution in [0.25, 0.3) is 0 Å². The summed E-state index contributed by atoms with van der Waals surface area (Å²) in [6.07, 6.45) is 3.65. The van der Waals surface area contributed by atoms with Crippen LogP contribution in [0.5, 0.6) is 11.5 Å². The van der Waals surface area contributed by atoms with Crippen LogP contribution in [0.4, 0.5) is 0 Å². The molecule has 0 aliphatic carbocycles. The topological polar surface area (TPSA) is 67.8 Å². The molecule has 0 radical (unpaired) electrons. The summed E-state index contributed by atoms with van der Waals surface area (Å²) in [5.74, 6) is 2.34. The van der Waals surface area contributed by atoms with Crippen molar-refractivity contribution in [3.05, 3.63) is 39.8 Å². The number of thiazole rings is 1. The van der Waals surface area contributed by atoms with Gasteiger partial charge < -0.3 is 20.1 Å². The van der Waals surface area contributed by atoms with Gasteiger partial charge in [0.15, 0.2) is 17.5 Å². The van der Waals surface area contributed by atoms with Gasteiger partial charge in [-0.1, -0.05) is 6.07 Å². The first kappa shape index (κ1) is 20.0. The van der Waals surface area contributed by atoms with Gasteiger partial charge in [0.05, 0.1) is 19.2 Å². The van der Waals surface area contributed by atoms with Crippen LogP contribution in [0.15, 0.2) is 29.4 Å². The maximum absolute atomic E-state index is 5.35. The Morgan fingerprint density at radius 1 is 1.15 bits per heavy atom. The summed E-state index contributed by atoms with van der Waals surface area (Å²) in [7, 11) is 3.30. The van der Waals surface area contributed by atoms with E-state index >= 15 is 0 Å². The molecule has 6 nitrogen and oxygen atoms in total. The number of aliphatic imine (C=N–C) groups is 1. The smallest absolute Gasteiger partial charge is 0.191 e. The van der Waals surface area contributed by atoms with Crippen LogP contribution in [-0.4, -0.2) is 44.8 Å². The summed E-state index contributed by atoms with van der Waals surface area (Å²) in [5, 5.41) is 7.79. The van der Waals surface area contributed by atoms with Gasteiger partial charge in [0.25, 0.3) is 0 Å². The Morgan fingerprint density at radius 2 is 1.96 bits per heavy atom. The second kappa shape index (κ2) is 10.7. The monoisotopic (exact) mass is 376 g/mol. The van der Waals surface area contributed by atoms with Crippen molar-refractivity contribution >= 4 is 17.3 Å². The lowest BCUT2D eigenvalue weighted by molar-refractivity contribution is 0.354. The lowest BCUT2D eigenvalue weighted by atomic mass is 10.1. The van der Waals surface area contributed by atoms with Crippen molar-refractivity contribution in [2.45, 2.75) is 26.7 Å². The molecule has 0 saturated carbocycles. The molecule has 0 atom stereocenters. The number of methoxy groups -OCH3 is 2. The Labute approximate surface area is 159 Å². The maximum atomic E-state index is 5.35. The van der Waals surface area contributed by atoms with Crippen molar-refractivity contribution in [2.75, 3.05) is 33.9 Å². The quantitative estimate of drug-likeness (QED) is 0.520. The van der Waals surface area contributed by atoms with Gasteiger partial charge in [0.1, 0.15) is 0 Å². The molecule has 0 spiro atoms. The second-order valence-corrected chi connectivity index (χ2v) is 7.06. The van der Waals surface area contributed by atoms with Crippen molar-refractivity contribution in [1.82, 2.24) is 15.6 Å². The fourth-order valence-electron chi connectivity index (χ4n) is 2.48. The predicted octanol–water partition coefficient (Wildman–Crippen LogP) is 2.81. The number of ether oxygens (including phenoxy) is 2. The largest absolute Gasteiger partial charge is 0.493 e. The predicted molar refractivity (Wildman–Crippen MR) is 108 cm³/mol. The molecule has 7 heteroatoms. The Bertz CT molecular complexity index is 715. The molecule has 1 heterocycles. The van der Waals surface area contributed by atoms with Crippen molar-refractivity contribution in [1.29, 1.82) is 0 Å². The second-order valence-electron chi connectivity index (χ2n) is 5.74. The van der Waals surface area contributed by atoms with Crippen LogP contribution in [0.2, 0.25) is 0 Å². The Balaban J connectivity index is 1.84. The molecule has 0 unspecified atom stereocenters. The van der Waals surface area contributed by atoms with E-state index in [0.29, 0.717) is 0 Å². The van der Waals surface area contributed by atoms with E-state index in [1.807, 2.05) is 18.3 Å². The minimum Gasteiger partial charge on any atom is -0.493 e. The van der Waals surface area contributed by atoms with E-state index in [0.717, 1.165) is 54.9 Å². The van der Waals surface area contributed by atoms with Crippen molar-refractivity contribution in [3.8, 4) is 11.5 Å². The number of guanidine groups is 1. The summed E-state index contributed by atoms with van der Waals surface area (Å²) in [6.45, 7) is 6.48. The molecule has 0 aliphatic rings. The van der Waals surface area contributed by atoms with Crippen LogP contribution < -0.4 is 20.1 Å². The van der Waals surface area contributed by atoms with Crippen LogP contribution in [0.1, 0.15) is 22.4 Å². The zero-order valence-corrected chi connectivity index (χ0v) is 16.8. The highest BCUT2D eigenvalue weighted by molar-refractivity contribution is 7.11. The van der Waals surface area contributed by atoms with Gasteiger partial charge >= 0.3 is 0 Å². The molecular formula is C19H28N4O2S. The molecule has 0 bridgehead atoms. The van der Waals surface area contributed by atoms with Gasteiger partial charge in [-0.3, -0.25) is 4.99 Å². The van der Waals surface area contributed by atoms with Crippen molar-refractivity contribution in [3.63, 3.8) is 0 Å². The molecule has 0 fully saturated rings. The van der Waals surface area contributed by atoms with E-state index in [4.69, 9.17) is 9.47 Å². The van der Waals surface area contributed by atoms with Gasteiger partial charge in [0, 0.05) is 37.1 Å². The van der Waals surface area contributed by atoms with E-state index in [1.165, 1.54) is 10.4 Å². The number of hydrogen-bond acceptors (Lipinski definition) is 5. The van der Waals surface area contributed by atoms with Crippen LogP contribution >= 0.6 is 11.3 Å². The fourth-order valence-corrected chi connectivity index (χ4v) is 3.26. The van der Waals surface area contributed by atoms with E-state index in [9.17, 15) is 0 Å². The summed E-state index contributed by atoms with van der Waals surface area (Å²) in [4.78, 5) is 10.2. The number of benzene rings is 1. The summed E-state index contributed by atoms with van der Waals surface area (Å²) >= 11 is 1.73. The van der Waals surface area contributed by atoms with Gasteiger partial charge in [-0.25, -0.2) is 4.98 Å². The standard InChI is InChI=1S/C19H28N4O2S/c1-5-20-19(22-11-9-18-23-13-14(2)26-18)21-10-8-15-6-7-16(24-3)17(12-15)25-4/h6-7,12-13H,5,8-11H2,1-4H3,(H2,20,21,22). The van der Waals surface area contributed by atoms with Crippen LogP contribution in [0, 0.1) is 6.92 Å². The average Bonchev–Trinajstić information content (AvgIpc) is 3.06. The molecule has 0 amide bonds. The molecule has 26 heavy (non-hydrogen) atoms. The highest BCUT2D eigenvalue weighted by atomic mass is 32.1. The van der Waals surface area contributed by atoms with Crippen molar-refractivity contribution < 1.29 is 9.47 Å². The molecule has 1 aromatic carbocycles. The highest BCUT2D eigenvalue weighted by Gasteiger charge is 2.05. The number of aromatic nitrogens is 1. The molecule has 2 rings (SSSR count). The zero-order valence-electron chi connectivity index (χ0n) is 16.0. The first-order valence-corrected chi connectivity index (χ1v) is 9.62. The van der Waals surface area contributed by atoms with Gasteiger partial charge in [0.2, 0.25) is 0 Å². The third-order valence-electron chi connectivity index (χ3n) is 3.76. The van der Waals surface area contributed by atoms with E-state index in [2.05, 4.69) is 40.5 Å². The van der Waals surface area contributed by atoms with Gasteiger partial charge in [-0.15, -0.1) is 11.3 Å². The number of aryl methyl sites for hydroxylation is 1. The lowest BCUT2D eigenvalue weighted by Gasteiger charge is -2.12. The Hall–Kier alpha value is -2.28. The van der Waals surface area contributed by atoms with E-state index in [-0.39, 0.29) is 0 Å². The zero-order chi connectivity index (χ0) is 18.8. The maximum Gasteiger partial charge on any atom is 0.191 e. The highest BCUT2D eigenvalue weighted by Crippen LogP contribution is 2.27. The molecule has 2 aromatic rings. The average molecular weight is 377 g/mol. The van der Waals surface area contributed by atoms with Gasteiger partial charge in [-0.2, -0.15) is 0 Å². The molecule has 1 aromatic heterocycles. The first-order valence-electron chi connectivity index (χ1n) is 8.80. The Morgan fingerprint density at radius 3 is 2.62 bits per heavy atom. The van der Waals surface area contributed by atoms with E-state index in [1.54, 1.807) is 25.6 Å². The molecule has 0 saturated heterocycles. The minimum atomic E-state index is 0.721. The molecule has 0 aliphatic heterocycles. The first-order chi connectivity index (χ1) is 12.7. The molecule has 2 N–H and O–H groups in total. The minimum absolute atomic E-state index is 0.721. The SMILES string of the molecule is CCNC(=NCCc1ncc(C)s1)NCCc1ccc(OC)c(OC)c1. The van der Waals surface area contributed by atoms with Crippen LogP contribution in [-0.2, 0) is 12.8 Å².